The first-order chi connectivity index (χ1) is 6.56. The summed E-state index contributed by atoms with van der Waals surface area (Å²) in [5.41, 5.74) is -0.0862. The average Bonchev–Trinajstić information content (AvgIpc) is 2.17. The van der Waals surface area contributed by atoms with Gasteiger partial charge in [-0.1, -0.05) is 0 Å². The molecular weight excluding hydrogens is 188 g/mol. The van der Waals surface area contributed by atoms with Gasteiger partial charge in [0.1, 0.15) is 11.5 Å². The number of benzene rings is 1. The van der Waals surface area contributed by atoms with Gasteiger partial charge in [-0.25, -0.2) is 4.79 Å². The summed E-state index contributed by atoms with van der Waals surface area (Å²) in [5, 5.41) is 27.0. The van der Waals surface area contributed by atoms with Crippen LogP contribution >= 0.6 is 0 Å². The van der Waals surface area contributed by atoms with E-state index in [-0.39, 0.29) is 11.3 Å². The summed E-state index contributed by atoms with van der Waals surface area (Å²) >= 11 is 0. The van der Waals surface area contributed by atoms with Crippen LogP contribution in [0.5, 0.6) is 11.5 Å². The van der Waals surface area contributed by atoms with Gasteiger partial charge in [-0.2, -0.15) is 0 Å². The minimum atomic E-state index is -1.75. The van der Waals surface area contributed by atoms with Crippen molar-refractivity contribution in [3.63, 3.8) is 0 Å². The highest BCUT2D eigenvalue weighted by Gasteiger charge is 2.20. The number of hydrogen-bond acceptors (Lipinski definition) is 4. The number of methoxy groups -OCH3 is 1. The topological polar surface area (TPSA) is 87.0 Å². The van der Waals surface area contributed by atoms with Gasteiger partial charge < -0.3 is 20.1 Å². The van der Waals surface area contributed by atoms with Gasteiger partial charge in [0.15, 0.2) is 6.10 Å². The van der Waals surface area contributed by atoms with Gasteiger partial charge in [0.25, 0.3) is 0 Å². The van der Waals surface area contributed by atoms with Crippen molar-refractivity contribution in [2.24, 2.45) is 0 Å². The van der Waals surface area contributed by atoms with Gasteiger partial charge in [-0.05, 0) is 18.2 Å². The Hall–Kier alpha value is -1.75. The third-order valence-corrected chi connectivity index (χ3v) is 1.76. The largest absolute Gasteiger partial charge is 0.508 e. The molecular formula is C9H10O5. The van der Waals surface area contributed by atoms with Gasteiger partial charge in [-0.15, -0.1) is 0 Å². The Morgan fingerprint density at radius 3 is 2.64 bits per heavy atom. The smallest absolute Gasteiger partial charge is 0.337 e. The second-order valence-electron chi connectivity index (χ2n) is 2.67. The number of carboxylic acids is 1. The normalized spacial score (nSPS) is 12.1. The monoisotopic (exact) mass is 198 g/mol. The zero-order valence-electron chi connectivity index (χ0n) is 7.47. The first-order valence-electron chi connectivity index (χ1n) is 3.84. The highest BCUT2D eigenvalue weighted by Crippen LogP contribution is 2.28. The molecule has 0 heterocycles. The molecule has 1 unspecified atom stereocenters. The average molecular weight is 198 g/mol. The summed E-state index contributed by atoms with van der Waals surface area (Å²) in [6, 6.07) is 4.00. The van der Waals surface area contributed by atoms with E-state index in [1.807, 2.05) is 0 Å². The lowest BCUT2D eigenvalue weighted by Gasteiger charge is -2.09. The van der Waals surface area contributed by atoms with Crippen LogP contribution in [0.15, 0.2) is 18.2 Å². The fourth-order valence-electron chi connectivity index (χ4n) is 1.01. The van der Waals surface area contributed by atoms with E-state index >= 15 is 0 Å². The van der Waals surface area contributed by atoms with Crippen molar-refractivity contribution in [3.05, 3.63) is 23.8 Å². The zero-order valence-corrected chi connectivity index (χ0v) is 7.47. The van der Waals surface area contributed by atoms with Gasteiger partial charge in [0, 0.05) is 5.56 Å². The predicted molar refractivity (Wildman–Crippen MR) is 47.3 cm³/mol. The molecule has 0 aliphatic rings. The molecule has 0 spiro atoms. The first-order valence-corrected chi connectivity index (χ1v) is 3.84. The Kier molecular flexibility index (Phi) is 2.93. The third kappa shape index (κ3) is 1.94. The summed E-state index contributed by atoms with van der Waals surface area (Å²) in [6.45, 7) is 0. The van der Waals surface area contributed by atoms with Crippen LogP contribution in [0.2, 0.25) is 0 Å². The number of hydrogen-bond donors (Lipinski definition) is 3. The van der Waals surface area contributed by atoms with E-state index in [1.54, 1.807) is 0 Å². The molecule has 76 valence electrons. The lowest BCUT2D eigenvalue weighted by molar-refractivity contribution is -0.147. The van der Waals surface area contributed by atoms with Gasteiger partial charge >= 0.3 is 5.97 Å². The van der Waals surface area contributed by atoms with Crippen LogP contribution in [0.25, 0.3) is 0 Å². The standard InChI is InChI=1S/C9H10O5/c1-14-5-2-3-7(10)6(4-5)8(11)9(12)13/h2-4,8,10-11H,1H3,(H,12,13). The number of aliphatic hydroxyl groups is 1. The second-order valence-corrected chi connectivity index (χ2v) is 2.67. The summed E-state index contributed by atoms with van der Waals surface area (Å²) in [6.07, 6.45) is -1.75. The molecule has 0 bridgehead atoms. The highest BCUT2D eigenvalue weighted by atomic mass is 16.5. The van der Waals surface area contributed by atoms with Crippen LogP contribution in [0.1, 0.15) is 11.7 Å². The minimum Gasteiger partial charge on any atom is -0.508 e. The maximum atomic E-state index is 10.4. The van der Waals surface area contributed by atoms with E-state index in [2.05, 4.69) is 0 Å². The maximum absolute atomic E-state index is 10.4. The van der Waals surface area contributed by atoms with Gasteiger partial charge in [0.05, 0.1) is 7.11 Å². The number of aromatic hydroxyl groups is 1. The van der Waals surface area contributed by atoms with E-state index in [0.29, 0.717) is 5.75 Å². The van der Waals surface area contributed by atoms with E-state index in [0.717, 1.165) is 0 Å². The molecule has 0 aromatic heterocycles. The quantitative estimate of drug-likeness (QED) is 0.659. The molecule has 1 rings (SSSR count). The van der Waals surface area contributed by atoms with Crippen molar-refractivity contribution in [1.82, 2.24) is 0 Å². The molecule has 0 radical (unpaired) electrons. The second kappa shape index (κ2) is 3.97. The highest BCUT2D eigenvalue weighted by molar-refractivity contribution is 5.75. The Balaban J connectivity index is 3.11. The van der Waals surface area contributed by atoms with Crippen LogP contribution in [0.3, 0.4) is 0 Å². The maximum Gasteiger partial charge on any atom is 0.337 e. The van der Waals surface area contributed by atoms with E-state index in [4.69, 9.17) is 9.84 Å². The van der Waals surface area contributed by atoms with E-state index in [9.17, 15) is 15.0 Å². The Morgan fingerprint density at radius 1 is 1.50 bits per heavy atom. The number of rotatable bonds is 3. The van der Waals surface area contributed by atoms with Crippen LogP contribution in [-0.2, 0) is 4.79 Å². The lowest BCUT2D eigenvalue weighted by Crippen LogP contribution is -2.10. The van der Waals surface area contributed by atoms with Crippen molar-refractivity contribution in [1.29, 1.82) is 0 Å². The first kappa shape index (κ1) is 10.3. The van der Waals surface area contributed by atoms with E-state index in [1.165, 1.54) is 25.3 Å². The molecule has 0 saturated heterocycles. The van der Waals surface area contributed by atoms with Crippen molar-refractivity contribution in [2.75, 3.05) is 7.11 Å². The van der Waals surface area contributed by atoms with Crippen molar-refractivity contribution < 1.29 is 24.9 Å². The number of aliphatic carboxylic acids is 1. The van der Waals surface area contributed by atoms with Gasteiger partial charge in [-0.3, -0.25) is 0 Å². The van der Waals surface area contributed by atoms with Crippen molar-refractivity contribution in [3.8, 4) is 11.5 Å². The van der Waals surface area contributed by atoms with Crippen LogP contribution in [0, 0.1) is 0 Å². The zero-order chi connectivity index (χ0) is 10.7. The third-order valence-electron chi connectivity index (χ3n) is 1.76. The minimum absolute atomic E-state index is 0.0862. The molecule has 0 saturated carbocycles. The Morgan fingerprint density at radius 2 is 2.14 bits per heavy atom. The summed E-state index contributed by atoms with van der Waals surface area (Å²) in [7, 11) is 1.41. The van der Waals surface area contributed by atoms with Gasteiger partial charge in [0.2, 0.25) is 0 Å². The molecule has 3 N–H and O–H groups in total. The fourth-order valence-corrected chi connectivity index (χ4v) is 1.01. The number of phenols is 1. The van der Waals surface area contributed by atoms with Crippen LogP contribution in [-0.4, -0.2) is 28.4 Å². The summed E-state index contributed by atoms with van der Waals surface area (Å²) in [5.74, 6) is -1.33. The molecule has 5 heteroatoms. The van der Waals surface area contributed by atoms with Crippen molar-refractivity contribution >= 4 is 5.97 Å². The SMILES string of the molecule is COc1ccc(O)c(C(O)C(=O)O)c1. The Labute approximate surface area is 80.2 Å². The lowest BCUT2D eigenvalue weighted by atomic mass is 10.1. The number of aliphatic hydroxyl groups excluding tert-OH is 1. The molecule has 0 aliphatic heterocycles. The molecule has 0 aliphatic carbocycles. The van der Waals surface area contributed by atoms with E-state index < -0.39 is 12.1 Å². The molecule has 5 nitrogen and oxygen atoms in total. The summed E-state index contributed by atoms with van der Waals surface area (Å²) < 4.78 is 4.82. The molecule has 1 atom stereocenters. The number of phenolic OH excluding ortho intramolecular Hbond substituents is 1. The van der Waals surface area contributed by atoms with Crippen LogP contribution < -0.4 is 4.74 Å². The molecule has 0 amide bonds. The number of carboxylic acid groups (broad SMARTS) is 1. The summed E-state index contributed by atoms with van der Waals surface area (Å²) in [4.78, 5) is 10.4. The molecule has 1 aromatic carbocycles. The molecule has 14 heavy (non-hydrogen) atoms. The Bertz CT molecular complexity index is 347. The predicted octanol–water partition coefficient (Wildman–Crippen LogP) is 0.519. The number of ether oxygens (including phenoxy) is 1. The van der Waals surface area contributed by atoms with Crippen molar-refractivity contribution in [2.45, 2.75) is 6.10 Å². The van der Waals surface area contributed by atoms with Crippen LogP contribution in [0.4, 0.5) is 0 Å². The molecule has 0 fully saturated rings. The fraction of sp³-hybridized carbons (Fsp3) is 0.222. The number of carbonyl (C=O) groups is 1. The molecule has 1 aromatic rings.